The van der Waals surface area contributed by atoms with Crippen molar-refractivity contribution in [2.45, 2.75) is 0 Å². The quantitative estimate of drug-likeness (QED) is 0.516. The van der Waals surface area contributed by atoms with Gasteiger partial charge in [0.2, 0.25) is 0 Å². The fourth-order valence-electron chi connectivity index (χ4n) is 0.265. The Kier molecular flexibility index (Phi) is 3.54. The van der Waals surface area contributed by atoms with E-state index in [-0.39, 0.29) is 29.6 Å². The predicted molar refractivity (Wildman–Crippen MR) is 40.8 cm³/mol. The Labute approximate surface area is 101 Å². The van der Waals surface area contributed by atoms with Crippen molar-refractivity contribution in [3.63, 3.8) is 0 Å². The third-order valence-corrected chi connectivity index (χ3v) is 4.89. The minimum atomic E-state index is -6.17. The first-order chi connectivity index (χ1) is 5.97. The molecule has 64 valence electrons. The molecule has 0 aromatic rings. The Hall–Kier alpha value is -1.54. The van der Waals surface area contributed by atoms with E-state index in [4.69, 9.17) is 31.6 Å². The van der Waals surface area contributed by atoms with Crippen LogP contribution in [0.1, 0.15) is 0 Å². The van der Waals surface area contributed by atoms with Crippen LogP contribution >= 0.6 is 0 Å². The summed E-state index contributed by atoms with van der Waals surface area (Å²) in [7, 11) is -6.17. The van der Waals surface area contributed by atoms with Crippen molar-refractivity contribution in [3.05, 3.63) is 0 Å². The van der Waals surface area contributed by atoms with Crippen LogP contribution in [0.5, 0.6) is 0 Å². The zero-order valence-electron chi connectivity index (χ0n) is 6.04. The molecule has 0 N–H and O–H groups in total. The van der Waals surface area contributed by atoms with Crippen LogP contribution in [0.2, 0.25) is 0 Å². The molecule has 0 aromatic carbocycles. The molecule has 0 saturated heterocycles. The van der Waals surface area contributed by atoms with Crippen LogP contribution in [0.3, 0.4) is 0 Å². The van der Waals surface area contributed by atoms with Crippen LogP contribution in [-0.2, 0) is 10.7 Å². The molecule has 6 nitrogen and oxygen atoms in total. The molecule has 0 rings (SSSR count). The summed E-state index contributed by atoms with van der Waals surface area (Å²) in [6, 6.07) is 0. The third kappa shape index (κ3) is 1.16. The van der Waals surface area contributed by atoms with Gasteiger partial charge in [0, 0.05) is 0 Å². The van der Waals surface area contributed by atoms with Gasteiger partial charge in [0.05, 0.1) is 0 Å². The van der Waals surface area contributed by atoms with Crippen molar-refractivity contribution in [3.8, 4) is 29.8 Å². The van der Waals surface area contributed by atoms with Gasteiger partial charge in [0.15, 0.2) is 0 Å². The van der Waals surface area contributed by atoms with E-state index >= 15 is 0 Å². The first-order valence-corrected chi connectivity index (χ1v) is 5.71. The van der Waals surface area contributed by atoms with E-state index in [9.17, 15) is 0 Å². The molecule has 0 aliphatic heterocycles. The van der Waals surface area contributed by atoms with Gasteiger partial charge in [-0.15, -0.1) is 0 Å². The normalized spacial score (nSPS) is 12.4. The molecule has 14 heavy (non-hydrogen) atoms. The average Bonchev–Trinajstić information content (AvgIpc) is 2.26. The second-order valence-electron chi connectivity index (χ2n) is 1.80. The van der Waals surface area contributed by atoms with Gasteiger partial charge in [-0.1, -0.05) is 0 Å². The molecule has 0 spiro atoms. The van der Waals surface area contributed by atoms with Crippen LogP contribution in [-0.4, -0.2) is 29.6 Å². The molecule has 0 heterocycles. The molecular formula is C6HFeN6Na. The van der Waals surface area contributed by atoms with Crippen molar-refractivity contribution >= 4 is 29.6 Å². The topological polar surface area (TPSA) is 143 Å². The maximum absolute atomic E-state index is 8.58. The van der Waals surface area contributed by atoms with Crippen LogP contribution in [0.25, 0.3) is 0 Å². The first kappa shape index (κ1) is 15.0. The molecular weight excluding hydrogens is 235 g/mol. The monoisotopic (exact) mass is 236 g/mol. The van der Waals surface area contributed by atoms with Crippen molar-refractivity contribution in [1.29, 1.82) is 31.6 Å². The molecule has 0 unspecified atom stereocenters. The molecule has 0 fully saturated rings. The van der Waals surface area contributed by atoms with Gasteiger partial charge in [-0.3, -0.25) is 0 Å². The standard InChI is InChI=1S/6CN.Fe.Na.H/c6*1-2;;;. The fourth-order valence-corrected chi connectivity index (χ4v) is 1.09. The van der Waals surface area contributed by atoms with Crippen LogP contribution in [0.4, 0.5) is 0 Å². The van der Waals surface area contributed by atoms with Gasteiger partial charge >= 0.3 is 102 Å². The van der Waals surface area contributed by atoms with E-state index in [0.29, 0.717) is 0 Å². The van der Waals surface area contributed by atoms with E-state index in [1.165, 1.54) is 0 Å². The number of nitrogens with zero attached hydrogens (tertiary/aromatic N) is 6. The van der Waals surface area contributed by atoms with Crippen molar-refractivity contribution in [2.75, 3.05) is 0 Å². The molecule has 0 radical (unpaired) electrons. The Morgan fingerprint density at radius 1 is 0.500 bits per heavy atom. The minimum absolute atomic E-state index is 0. The van der Waals surface area contributed by atoms with Crippen LogP contribution < -0.4 is 0 Å². The maximum atomic E-state index is 8.58. The Morgan fingerprint density at radius 3 is 0.643 bits per heavy atom. The molecule has 8 heteroatoms. The molecule has 0 atom stereocenters. The van der Waals surface area contributed by atoms with Crippen molar-refractivity contribution in [1.82, 2.24) is 0 Å². The van der Waals surface area contributed by atoms with E-state index in [2.05, 4.69) is 0 Å². The van der Waals surface area contributed by atoms with Crippen LogP contribution in [0, 0.1) is 61.4 Å². The molecule has 0 bridgehead atoms. The molecule has 0 aliphatic carbocycles. The van der Waals surface area contributed by atoms with Gasteiger partial charge < -0.3 is 0 Å². The predicted octanol–water partition coefficient (Wildman–Crippen LogP) is -0.550. The summed E-state index contributed by atoms with van der Waals surface area (Å²) in [6.07, 6.45) is 0. The molecule has 0 aliphatic rings. The summed E-state index contributed by atoms with van der Waals surface area (Å²) in [4.78, 5) is 6.19. The fraction of sp³-hybridized carbons (Fsp3) is 0. The number of hydrogen-bond donors (Lipinski definition) is 0. The Balaban J connectivity index is 0. The SMILES string of the molecule is N#[C][Fe]([C]#N)([C]#N)([C]#N)([C]#N)[C]#N.[NaH]. The van der Waals surface area contributed by atoms with Crippen LogP contribution in [0.15, 0.2) is 0 Å². The van der Waals surface area contributed by atoms with Gasteiger partial charge in [0.25, 0.3) is 0 Å². The number of hydrogen-bond acceptors (Lipinski definition) is 6. The van der Waals surface area contributed by atoms with E-state index < -0.39 is 10.7 Å². The number of nitriles is 6. The van der Waals surface area contributed by atoms with Gasteiger partial charge in [-0.2, -0.15) is 0 Å². The average molecular weight is 236 g/mol. The summed E-state index contributed by atoms with van der Waals surface area (Å²) < 4.78 is 0. The summed E-state index contributed by atoms with van der Waals surface area (Å²) in [6.45, 7) is 0. The zero-order valence-corrected chi connectivity index (χ0v) is 7.14. The zero-order chi connectivity index (χ0) is 10.7. The summed E-state index contributed by atoms with van der Waals surface area (Å²) in [5.74, 6) is 0. The summed E-state index contributed by atoms with van der Waals surface area (Å²) in [5, 5.41) is 51.5. The Bertz CT molecular complexity index is 392. The first-order valence-electron chi connectivity index (χ1n) is 2.40. The summed E-state index contributed by atoms with van der Waals surface area (Å²) in [5.41, 5.74) is 0. The van der Waals surface area contributed by atoms with E-state index in [0.717, 1.165) is 29.8 Å². The number of rotatable bonds is 0. The second-order valence-corrected chi connectivity index (χ2v) is 7.42. The third-order valence-electron chi connectivity index (χ3n) is 1.19. The second kappa shape index (κ2) is 3.31. The van der Waals surface area contributed by atoms with E-state index in [1.807, 2.05) is 0 Å². The van der Waals surface area contributed by atoms with Crippen molar-refractivity contribution < 1.29 is 10.7 Å². The van der Waals surface area contributed by atoms with Crippen molar-refractivity contribution in [2.24, 2.45) is 0 Å². The molecule has 0 aromatic heterocycles. The van der Waals surface area contributed by atoms with Gasteiger partial charge in [-0.05, 0) is 0 Å². The van der Waals surface area contributed by atoms with Gasteiger partial charge in [-0.25, -0.2) is 0 Å². The summed E-state index contributed by atoms with van der Waals surface area (Å²) >= 11 is 0. The van der Waals surface area contributed by atoms with Gasteiger partial charge in [0.1, 0.15) is 0 Å². The molecule has 0 saturated carbocycles. The van der Waals surface area contributed by atoms with E-state index in [1.54, 1.807) is 0 Å². The molecule has 0 amide bonds. The Morgan fingerprint density at radius 2 is 0.643 bits per heavy atom.